The fourth-order valence-corrected chi connectivity index (χ4v) is 5.81. The number of carbonyl (C=O) groups is 1. The first-order valence-corrected chi connectivity index (χ1v) is 13.1. The molecule has 182 valence electrons. The number of benzene rings is 4. The van der Waals surface area contributed by atoms with Crippen LogP contribution in [0.1, 0.15) is 28.1 Å². The van der Waals surface area contributed by atoms with Crippen LogP contribution in [0.2, 0.25) is 0 Å². The van der Waals surface area contributed by atoms with Crippen LogP contribution in [0.3, 0.4) is 0 Å². The third kappa shape index (κ3) is 4.41. The van der Waals surface area contributed by atoms with E-state index < -0.39 is 5.25 Å². The third-order valence-electron chi connectivity index (χ3n) is 6.35. The summed E-state index contributed by atoms with van der Waals surface area (Å²) in [5.41, 5.74) is 5.40. The number of aromatic amines is 1. The predicted octanol–water partition coefficient (Wildman–Crippen LogP) is 7.62. The van der Waals surface area contributed by atoms with E-state index in [1.807, 2.05) is 110 Å². The second-order valence-corrected chi connectivity index (χ2v) is 9.74. The van der Waals surface area contributed by atoms with Crippen LogP contribution in [0.4, 0.5) is 0 Å². The molecule has 0 unspecified atom stereocenters. The Morgan fingerprint density at radius 1 is 0.919 bits per heavy atom. The van der Waals surface area contributed by atoms with Crippen molar-refractivity contribution < 1.29 is 9.53 Å². The van der Waals surface area contributed by atoms with E-state index in [9.17, 15) is 4.79 Å². The number of H-pyrrole nitrogens is 1. The van der Waals surface area contributed by atoms with Gasteiger partial charge in [-0.2, -0.15) is 0 Å². The molecule has 0 spiro atoms. The molecule has 4 aromatic carbocycles. The molecule has 0 saturated carbocycles. The summed E-state index contributed by atoms with van der Waals surface area (Å²) in [4.78, 5) is 22.3. The summed E-state index contributed by atoms with van der Waals surface area (Å²) >= 11 is 1.48. The van der Waals surface area contributed by atoms with Crippen LogP contribution < -0.4 is 4.74 Å². The van der Waals surface area contributed by atoms with Gasteiger partial charge in [-0.05, 0) is 55.0 Å². The zero-order valence-corrected chi connectivity index (χ0v) is 21.1. The molecule has 5 nitrogen and oxygen atoms in total. The van der Waals surface area contributed by atoms with Gasteiger partial charge in [0, 0.05) is 28.4 Å². The molecule has 6 rings (SSSR count). The highest BCUT2D eigenvalue weighted by atomic mass is 32.2. The van der Waals surface area contributed by atoms with Crippen molar-refractivity contribution in [2.75, 3.05) is 6.61 Å². The standard InChI is InChI=1S/C31H25N3O2S/c1-2-36-23-18-16-22(17-19-23)34-28-15-9-8-14-27(28)33-31(34)37-30(21-10-4-3-5-11-21)29(35)25-20-32-26-13-7-6-12-24(25)26/h3-20,30,32H,2H2,1H3/t30-/m0/s1. The van der Waals surface area contributed by atoms with Crippen molar-refractivity contribution in [2.24, 2.45) is 0 Å². The molecule has 0 saturated heterocycles. The van der Waals surface area contributed by atoms with Gasteiger partial charge in [0.05, 0.1) is 17.6 Å². The van der Waals surface area contributed by atoms with E-state index in [1.54, 1.807) is 0 Å². The van der Waals surface area contributed by atoms with Crippen molar-refractivity contribution in [2.45, 2.75) is 17.3 Å². The maximum absolute atomic E-state index is 14.1. The molecule has 0 fully saturated rings. The molecule has 0 aliphatic rings. The van der Waals surface area contributed by atoms with E-state index >= 15 is 0 Å². The minimum atomic E-state index is -0.473. The molecule has 0 amide bonds. The van der Waals surface area contributed by atoms with Crippen LogP contribution in [-0.4, -0.2) is 26.9 Å². The minimum absolute atomic E-state index is 0.0407. The fourth-order valence-electron chi connectivity index (χ4n) is 4.61. The molecule has 0 aliphatic carbocycles. The number of thioether (sulfide) groups is 1. The third-order valence-corrected chi connectivity index (χ3v) is 7.56. The number of ether oxygens (including phenoxy) is 1. The Labute approximate surface area is 219 Å². The van der Waals surface area contributed by atoms with Gasteiger partial charge in [0.1, 0.15) is 11.0 Å². The summed E-state index contributed by atoms with van der Waals surface area (Å²) in [5, 5.41) is 1.21. The molecule has 0 aliphatic heterocycles. The Kier molecular flexibility index (Phi) is 6.25. The Balaban J connectivity index is 1.47. The van der Waals surface area contributed by atoms with Crippen molar-refractivity contribution >= 4 is 39.5 Å². The van der Waals surface area contributed by atoms with Gasteiger partial charge >= 0.3 is 0 Å². The van der Waals surface area contributed by atoms with Gasteiger partial charge in [0.25, 0.3) is 0 Å². The van der Waals surface area contributed by atoms with E-state index in [2.05, 4.69) is 15.6 Å². The molecule has 0 radical (unpaired) electrons. The molecule has 37 heavy (non-hydrogen) atoms. The second kappa shape index (κ2) is 9.99. The van der Waals surface area contributed by atoms with Crippen molar-refractivity contribution in [3.05, 3.63) is 120 Å². The summed E-state index contributed by atoms with van der Waals surface area (Å²) in [6.45, 7) is 2.59. The molecule has 6 heteroatoms. The number of rotatable bonds is 8. The van der Waals surface area contributed by atoms with Crippen LogP contribution in [0, 0.1) is 0 Å². The lowest BCUT2D eigenvalue weighted by molar-refractivity contribution is 0.0991. The molecule has 0 bridgehead atoms. The smallest absolute Gasteiger partial charge is 0.182 e. The predicted molar refractivity (Wildman–Crippen MR) is 150 cm³/mol. The van der Waals surface area contributed by atoms with Crippen LogP contribution in [0.5, 0.6) is 5.75 Å². The van der Waals surface area contributed by atoms with E-state index in [0.29, 0.717) is 12.2 Å². The highest BCUT2D eigenvalue weighted by molar-refractivity contribution is 8.00. The number of fused-ring (bicyclic) bond motifs is 2. The van der Waals surface area contributed by atoms with Crippen molar-refractivity contribution in [1.29, 1.82) is 0 Å². The van der Waals surface area contributed by atoms with Gasteiger partial charge in [0.15, 0.2) is 10.9 Å². The number of aromatic nitrogens is 3. The van der Waals surface area contributed by atoms with Gasteiger partial charge in [0.2, 0.25) is 0 Å². The Hall–Kier alpha value is -4.29. The Bertz CT molecular complexity index is 1690. The lowest BCUT2D eigenvalue weighted by Gasteiger charge is -2.17. The number of hydrogen-bond acceptors (Lipinski definition) is 4. The Morgan fingerprint density at radius 2 is 1.65 bits per heavy atom. The molecular formula is C31H25N3O2S. The second-order valence-electron chi connectivity index (χ2n) is 8.67. The normalized spacial score (nSPS) is 12.1. The number of hydrogen-bond donors (Lipinski definition) is 1. The quantitative estimate of drug-likeness (QED) is 0.171. The van der Waals surface area contributed by atoms with E-state index in [1.165, 1.54) is 11.8 Å². The maximum atomic E-state index is 14.1. The van der Waals surface area contributed by atoms with Crippen LogP contribution in [-0.2, 0) is 0 Å². The average molecular weight is 504 g/mol. The van der Waals surface area contributed by atoms with Gasteiger partial charge in [-0.25, -0.2) is 4.98 Å². The number of imidazole rings is 1. The molecular weight excluding hydrogens is 478 g/mol. The van der Waals surface area contributed by atoms with E-state index in [-0.39, 0.29) is 5.78 Å². The monoisotopic (exact) mass is 503 g/mol. The summed E-state index contributed by atoms with van der Waals surface area (Å²) in [6.07, 6.45) is 1.82. The van der Waals surface area contributed by atoms with Gasteiger partial charge in [-0.1, -0.05) is 72.4 Å². The van der Waals surface area contributed by atoms with Crippen LogP contribution >= 0.6 is 11.8 Å². The fraction of sp³-hybridized carbons (Fsp3) is 0.0968. The van der Waals surface area contributed by atoms with Crippen molar-refractivity contribution in [1.82, 2.24) is 14.5 Å². The van der Waals surface area contributed by atoms with Gasteiger partial charge < -0.3 is 9.72 Å². The number of nitrogens with one attached hydrogen (secondary N) is 1. The van der Waals surface area contributed by atoms with Crippen LogP contribution in [0.15, 0.2) is 114 Å². The minimum Gasteiger partial charge on any atom is -0.494 e. The van der Waals surface area contributed by atoms with E-state index in [0.717, 1.165) is 44.1 Å². The van der Waals surface area contributed by atoms with Gasteiger partial charge in [-0.15, -0.1) is 0 Å². The molecule has 2 aromatic heterocycles. The summed E-state index contributed by atoms with van der Waals surface area (Å²) in [5.74, 6) is 0.862. The number of ketones is 1. The lowest BCUT2D eigenvalue weighted by Crippen LogP contribution is -2.11. The zero-order valence-electron chi connectivity index (χ0n) is 20.3. The zero-order chi connectivity index (χ0) is 25.2. The first-order chi connectivity index (χ1) is 18.2. The molecule has 1 atom stereocenters. The number of nitrogens with zero attached hydrogens (tertiary/aromatic N) is 2. The highest BCUT2D eigenvalue weighted by Gasteiger charge is 2.28. The summed E-state index contributed by atoms with van der Waals surface area (Å²) < 4.78 is 7.77. The molecule has 1 N–H and O–H groups in total. The SMILES string of the molecule is CCOc1ccc(-n2c(S[C@H](C(=O)c3c[nH]c4ccccc34)c3ccccc3)nc3ccccc32)cc1. The maximum Gasteiger partial charge on any atom is 0.182 e. The summed E-state index contributed by atoms with van der Waals surface area (Å²) in [7, 11) is 0. The Morgan fingerprint density at radius 3 is 2.46 bits per heavy atom. The number of Topliss-reactive ketones (excluding diaryl/α,β-unsaturated/α-hetero) is 1. The summed E-state index contributed by atoms with van der Waals surface area (Å²) in [6, 6.07) is 33.9. The number of para-hydroxylation sites is 3. The largest absolute Gasteiger partial charge is 0.494 e. The first kappa shape index (κ1) is 23.1. The molecule has 6 aromatic rings. The van der Waals surface area contributed by atoms with Gasteiger partial charge in [-0.3, -0.25) is 9.36 Å². The average Bonchev–Trinajstić information content (AvgIpc) is 3.54. The van der Waals surface area contributed by atoms with E-state index in [4.69, 9.17) is 9.72 Å². The topological polar surface area (TPSA) is 59.9 Å². The van der Waals surface area contributed by atoms with Crippen molar-refractivity contribution in [3.8, 4) is 11.4 Å². The number of carbonyl (C=O) groups excluding carboxylic acids is 1. The van der Waals surface area contributed by atoms with Crippen molar-refractivity contribution in [3.63, 3.8) is 0 Å². The molecule has 2 heterocycles. The lowest BCUT2D eigenvalue weighted by atomic mass is 10.0. The van der Waals surface area contributed by atoms with Crippen LogP contribution in [0.25, 0.3) is 27.6 Å². The highest BCUT2D eigenvalue weighted by Crippen LogP contribution is 2.41. The first-order valence-electron chi connectivity index (χ1n) is 12.3.